The number of nitrogens with zero attached hydrogens (tertiary/aromatic N) is 2. The summed E-state index contributed by atoms with van der Waals surface area (Å²) < 4.78 is 0. The van der Waals surface area contributed by atoms with Gasteiger partial charge in [-0.3, -0.25) is 4.79 Å². The van der Waals surface area contributed by atoms with Crippen LogP contribution in [0.2, 0.25) is 0 Å². The normalized spacial score (nSPS) is 27.8. The number of nitriles is 1. The first-order valence-corrected chi connectivity index (χ1v) is 8.19. The summed E-state index contributed by atoms with van der Waals surface area (Å²) in [5, 5.41) is 15.0. The topological polar surface area (TPSA) is 85.2 Å². The summed E-state index contributed by atoms with van der Waals surface area (Å²) in [6.07, 6.45) is 1.39. The number of benzene rings is 1. The monoisotopic (exact) mass is 326 g/mol. The maximum atomic E-state index is 12.3. The molecule has 126 valence electrons. The van der Waals surface area contributed by atoms with Crippen LogP contribution in [-0.4, -0.2) is 35.5 Å². The third-order valence-corrected chi connectivity index (χ3v) is 5.09. The van der Waals surface area contributed by atoms with Crippen LogP contribution in [0.5, 0.6) is 0 Å². The third-order valence-electron chi connectivity index (χ3n) is 5.09. The Kier molecular flexibility index (Phi) is 3.96. The van der Waals surface area contributed by atoms with Gasteiger partial charge in [0.1, 0.15) is 12.1 Å². The van der Waals surface area contributed by atoms with Gasteiger partial charge in [0.05, 0.1) is 12.1 Å². The molecule has 2 atom stereocenters. The molecule has 1 heterocycles. The Hall–Kier alpha value is -2.55. The summed E-state index contributed by atoms with van der Waals surface area (Å²) in [4.78, 5) is 26.0. The molecule has 2 fully saturated rings. The van der Waals surface area contributed by atoms with Crippen molar-refractivity contribution in [3.63, 3.8) is 0 Å². The van der Waals surface area contributed by atoms with E-state index in [9.17, 15) is 14.9 Å². The molecule has 1 aromatic carbocycles. The number of rotatable bonds is 4. The maximum absolute atomic E-state index is 12.3. The van der Waals surface area contributed by atoms with Crippen molar-refractivity contribution in [1.29, 1.82) is 5.26 Å². The average molecular weight is 326 g/mol. The molecule has 6 nitrogen and oxygen atoms in total. The minimum atomic E-state index is -0.789. The summed E-state index contributed by atoms with van der Waals surface area (Å²) in [5.74, 6) is -0.282. The zero-order valence-corrected chi connectivity index (χ0v) is 14.0. The fourth-order valence-corrected chi connectivity index (χ4v) is 3.29. The lowest BCUT2D eigenvalue weighted by Crippen LogP contribution is -2.52. The van der Waals surface area contributed by atoms with Gasteiger partial charge in [0, 0.05) is 12.0 Å². The first kappa shape index (κ1) is 16.3. The van der Waals surface area contributed by atoms with Gasteiger partial charge >= 0.3 is 6.03 Å². The molecular weight excluding hydrogens is 304 g/mol. The van der Waals surface area contributed by atoms with Gasteiger partial charge in [-0.1, -0.05) is 44.2 Å². The van der Waals surface area contributed by atoms with Crippen LogP contribution in [0.3, 0.4) is 0 Å². The molecule has 0 spiro atoms. The Morgan fingerprint density at radius 3 is 2.62 bits per heavy atom. The Labute approximate surface area is 141 Å². The summed E-state index contributed by atoms with van der Waals surface area (Å²) in [6.45, 7) is 4.40. The van der Waals surface area contributed by atoms with Crippen molar-refractivity contribution in [2.24, 2.45) is 5.41 Å². The third kappa shape index (κ3) is 2.94. The number of urea groups is 1. The highest BCUT2D eigenvalue weighted by Gasteiger charge is 2.63. The van der Waals surface area contributed by atoms with E-state index in [0.29, 0.717) is 13.0 Å². The van der Waals surface area contributed by atoms with E-state index in [1.807, 2.05) is 44.2 Å². The highest BCUT2D eigenvalue weighted by atomic mass is 16.2. The Bertz CT molecular complexity index is 695. The van der Waals surface area contributed by atoms with Crippen molar-refractivity contribution in [1.82, 2.24) is 15.5 Å². The maximum Gasteiger partial charge on any atom is 0.318 e. The summed E-state index contributed by atoms with van der Waals surface area (Å²) in [6, 6.07) is 11.7. The van der Waals surface area contributed by atoms with Crippen LogP contribution in [0.15, 0.2) is 30.3 Å². The van der Waals surface area contributed by atoms with E-state index >= 15 is 0 Å². The van der Waals surface area contributed by atoms with Crippen molar-refractivity contribution in [3.05, 3.63) is 35.9 Å². The number of carbonyl (C=O) groups is 2. The molecule has 3 amide bonds. The SMILES string of the molecule is CC1(C)CC1(C#N)NC(=O)CN1CCC(c2ccccc2)NC1=O. The zero-order chi connectivity index (χ0) is 17.4. The van der Waals surface area contributed by atoms with Gasteiger partial charge in [0.25, 0.3) is 0 Å². The molecule has 1 aromatic rings. The Morgan fingerprint density at radius 2 is 2.08 bits per heavy atom. The Morgan fingerprint density at radius 1 is 1.42 bits per heavy atom. The van der Waals surface area contributed by atoms with Gasteiger partial charge in [-0.05, 0) is 18.4 Å². The second kappa shape index (κ2) is 5.82. The minimum Gasteiger partial charge on any atom is -0.336 e. The largest absolute Gasteiger partial charge is 0.336 e. The van der Waals surface area contributed by atoms with Crippen LogP contribution in [0.1, 0.15) is 38.3 Å². The molecule has 1 aliphatic heterocycles. The van der Waals surface area contributed by atoms with Gasteiger partial charge in [0.15, 0.2) is 0 Å². The first-order chi connectivity index (χ1) is 11.4. The van der Waals surface area contributed by atoms with Crippen LogP contribution in [-0.2, 0) is 4.79 Å². The van der Waals surface area contributed by atoms with E-state index in [2.05, 4.69) is 16.7 Å². The van der Waals surface area contributed by atoms with Gasteiger partial charge in [-0.25, -0.2) is 4.79 Å². The van der Waals surface area contributed by atoms with Crippen molar-refractivity contribution >= 4 is 11.9 Å². The predicted molar refractivity (Wildman–Crippen MR) is 88.8 cm³/mol. The molecule has 3 rings (SSSR count). The van der Waals surface area contributed by atoms with Crippen molar-refractivity contribution in [3.8, 4) is 6.07 Å². The molecule has 0 radical (unpaired) electrons. The molecule has 24 heavy (non-hydrogen) atoms. The highest BCUT2D eigenvalue weighted by molar-refractivity contribution is 5.85. The highest BCUT2D eigenvalue weighted by Crippen LogP contribution is 2.55. The van der Waals surface area contributed by atoms with Crippen molar-refractivity contribution < 1.29 is 9.59 Å². The van der Waals surface area contributed by atoms with Crippen molar-refractivity contribution in [2.45, 2.75) is 38.3 Å². The number of hydrogen-bond acceptors (Lipinski definition) is 3. The van der Waals surface area contributed by atoms with Gasteiger partial charge in [-0.2, -0.15) is 5.26 Å². The number of hydrogen-bond donors (Lipinski definition) is 2. The van der Waals surface area contributed by atoms with Gasteiger partial charge in [0.2, 0.25) is 5.91 Å². The Balaban J connectivity index is 1.55. The molecule has 2 unspecified atom stereocenters. The summed E-state index contributed by atoms with van der Waals surface area (Å²) >= 11 is 0. The lowest BCUT2D eigenvalue weighted by atomic mass is 10.0. The molecule has 1 aliphatic carbocycles. The van der Waals surface area contributed by atoms with E-state index in [1.165, 1.54) is 4.90 Å². The molecule has 0 bridgehead atoms. The fourth-order valence-electron chi connectivity index (χ4n) is 3.29. The number of nitrogens with one attached hydrogen (secondary N) is 2. The standard InChI is InChI=1S/C18H22N4O2/c1-17(2)11-18(17,12-19)21-15(23)10-22-9-8-14(20-16(22)24)13-6-4-3-5-7-13/h3-7,14H,8-11H2,1-2H3,(H,20,24)(H,21,23). The molecular formula is C18H22N4O2. The van der Waals surface area contributed by atoms with Crippen LogP contribution in [0.25, 0.3) is 0 Å². The van der Waals surface area contributed by atoms with E-state index in [1.54, 1.807) is 0 Å². The minimum absolute atomic E-state index is 0.0210. The zero-order valence-electron chi connectivity index (χ0n) is 14.0. The molecule has 0 aromatic heterocycles. The number of carbonyl (C=O) groups excluding carboxylic acids is 2. The van der Waals surface area contributed by atoms with Crippen LogP contribution in [0.4, 0.5) is 4.79 Å². The fraction of sp³-hybridized carbons (Fsp3) is 0.500. The van der Waals surface area contributed by atoms with Gasteiger partial charge in [-0.15, -0.1) is 0 Å². The quantitative estimate of drug-likeness (QED) is 0.887. The summed E-state index contributed by atoms with van der Waals surface area (Å²) in [5.41, 5.74) is 0.0706. The lowest BCUT2D eigenvalue weighted by molar-refractivity contribution is -0.122. The average Bonchev–Trinajstić information content (AvgIpc) is 3.11. The molecule has 1 saturated heterocycles. The van der Waals surface area contributed by atoms with E-state index in [-0.39, 0.29) is 29.9 Å². The molecule has 1 saturated carbocycles. The van der Waals surface area contributed by atoms with Crippen LogP contribution < -0.4 is 10.6 Å². The van der Waals surface area contributed by atoms with Crippen LogP contribution in [0, 0.1) is 16.7 Å². The second-order valence-corrected chi connectivity index (χ2v) is 7.25. The van der Waals surface area contributed by atoms with Crippen LogP contribution >= 0.6 is 0 Å². The van der Waals surface area contributed by atoms with Gasteiger partial charge < -0.3 is 15.5 Å². The van der Waals surface area contributed by atoms with E-state index in [0.717, 1.165) is 12.0 Å². The molecule has 2 aliphatic rings. The predicted octanol–water partition coefficient (Wildman–Crippen LogP) is 1.95. The first-order valence-electron chi connectivity index (χ1n) is 8.19. The smallest absolute Gasteiger partial charge is 0.318 e. The molecule has 2 N–H and O–H groups in total. The second-order valence-electron chi connectivity index (χ2n) is 7.25. The number of amides is 3. The molecule has 6 heteroatoms. The van der Waals surface area contributed by atoms with E-state index in [4.69, 9.17) is 0 Å². The lowest BCUT2D eigenvalue weighted by Gasteiger charge is -2.33. The summed E-state index contributed by atoms with van der Waals surface area (Å²) in [7, 11) is 0. The van der Waals surface area contributed by atoms with Crippen molar-refractivity contribution in [2.75, 3.05) is 13.1 Å². The van der Waals surface area contributed by atoms with E-state index < -0.39 is 5.54 Å².